The van der Waals surface area contributed by atoms with Gasteiger partial charge in [-0.25, -0.2) is 9.37 Å². The Balaban J connectivity index is 1.70. The average molecular weight is 403 g/mol. The monoisotopic (exact) mass is 402 g/mol. The molecule has 0 radical (unpaired) electrons. The van der Waals surface area contributed by atoms with E-state index in [1.54, 1.807) is 30.7 Å². The van der Waals surface area contributed by atoms with Crippen LogP contribution in [-0.4, -0.2) is 26.1 Å². The lowest BCUT2D eigenvalue weighted by molar-refractivity contribution is 0.388. The maximum absolute atomic E-state index is 14.1. The summed E-state index contributed by atoms with van der Waals surface area (Å²) in [6.45, 7) is 1.86. The molecule has 2 aromatic carbocycles. The molecule has 0 atom stereocenters. The van der Waals surface area contributed by atoms with Crippen molar-refractivity contribution in [2.45, 2.75) is 19.5 Å². The quantitative estimate of drug-likeness (QED) is 0.566. The van der Waals surface area contributed by atoms with Gasteiger partial charge in [0, 0.05) is 37.6 Å². The number of halogens is 2. The number of imidazole rings is 1. The smallest absolute Gasteiger partial charge is 0.173 e. The largest absolute Gasteiger partial charge is 0.345 e. The molecule has 0 aliphatic carbocycles. The molecule has 1 aromatic heterocycles. The van der Waals surface area contributed by atoms with E-state index >= 15 is 0 Å². The van der Waals surface area contributed by atoms with Crippen molar-refractivity contribution in [2.24, 2.45) is 0 Å². The van der Waals surface area contributed by atoms with Gasteiger partial charge < -0.3 is 14.8 Å². The summed E-state index contributed by atoms with van der Waals surface area (Å²) in [5.41, 5.74) is 1.33. The first-order chi connectivity index (χ1) is 13.1. The van der Waals surface area contributed by atoms with E-state index in [2.05, 4.69) is 10.3 Å². The highest BCUT2D eigenvalue weighted by atomic mass is 35.5. The van der Waals surface area contributed by atoms with Gasteiger partial charge in [0.25, 0.3) is 0 Å². The SMILES string of the molecule is Fc1ccccc1CN(CCCn1ccnc1)C(=S)Nc1ccccc1Cl. The number of benzene rings is 2. The van der Waals surface area contributed by atoms with Crippen molar-refractivity contribution in [1.82, 2.24) is 14.5 Å². The van der Waals surface area contributed by atoms with Crippen LogP contribution in [0.1, 0.15) is 12.0 Å². The van der Waals surface area contributed by atoms with Crippen LogP contribution < -0.4 is 5.32 Å². The highest BCUT2D eigenvalue weighted by Gasteiger charge is 2.14. The molecule has 1 heterocycles. The van der Waals surface area contributed by atoms with Gasteiger partial charge in [-0.3, -0.25) is 0 Å². The number of rotatable bonds is 7. The summed E-state index contributed by atoms with van der Waals surface area (Å²) < 4.78 is 16.1. The molecule has 7 heteroatoms. The van der Waals surface area contributed by atoms with Gasteiger partial charge in [-0.15, -0.1) is 0 Å². The molecule has 0 fully saturated rings. The van der Waals surface area contributed by atoms with Crippen molar-refractivity contribution >= 4 is 34.6 Å². The third kappa shape index (κ3) is 5.52. The molecule has 0 saturated carbocycles. The number of thiocarbonyl (C=S) groups is 1. The molecule has 27 heavy (non-hydrogen) atoms. The van der Waals surface area contributed by atoms with Crippen LogP contribution in [0.15, 0.2) is 67.3 Å². The molecule has 140 valence electrons. The molecule has 3 aromatic rings. The maximum atomic E-state index is 14.1. The summed E-state index contributed by atoms with van der Waals surface area (Å²) in [4.78, 5) is 6.00. The van der Waals surface area contributed by atoms with Crippen LogP contribution in [0.5, 0.6) is 0 Å². The third-order valence-electron chi connectivity index (χ3n) is 4.13. The van der Waals surface area contributed by atoms with Gasteiger partial charge in [-0.1, -0.05) is 41.9 Å². The number of para-hydroxylation sites is 1. The molecular weight excluding hydrogens is 383 g/mol. The standard InChI is InChI=1S/C20H20ClFN4S/c21-17-7-2-4-9-19(17)24-20(27)26(12-5-11-25-13-10-23-15-25)14-16-6-1-3-8-18(16)22/h1-4,6-10,13,15H,5,11-12,14H2,(H,24,27). The molecule has 0 unspecified atom stereocenters. The molecule has 3 rings (SSSR count). The number of nitrogens with zero attached hydrogens (tertiary/aromatic N) is 3. The van der Waals surface area contributed by atoms with Crippen LogP contribution in [-0.2, 0) is 13.1 Å². The number of hydrogen-bond donors (Lipinski definition) is 1. The molecule has 0 saturated heterocycles. The van der Waals surface area contributed by atoms with Gasteiger partial charge in [-0.05, 0) is 36.8 Å². The first kappa shape index (κ1) is 19.3. The van der Waals surface area contributed by atoms with Crippen LogP contribution in [0.25, 0.3) is 0 Å². The topological polar surface area (TPSA) is 33.1 Å². The molecule has 0 aliphatic rings. The highest BCUT2D eigenvalue weighted by Crippen LogP contribution is 2.21. The molecular formula is C20H20ClFN4S. The first-order valence-corrected chi connectivity index (χ1v) is 9.41. The Morgan fingerprint density at radius 3 is 2.70 bits per heavy atom. The second kappa shape index (κ2) is 9.48. The van der Waals surface area contributed by atoms with Crippen LogP contribution in [0.3, 0.4) is 0 Å². The lowest BCUT2D eigenvalue weighted by atomic mass is 10.2. The van der Waals surface area contributed by atoms with E-state index in [9.17, 15) is 4.39 Å². The van der Waals surface area contributed by atoms with E-state index in [0.717, 1.165) is 18.7 Å². The maximum Gasteiger partial charge on any atom is 0.173 e. The summed E-state index contributed by atoms with van der Waals surface area (Å²) in [6.07, 6.45) is 6.29. The van der Waals surface area contributed by atoms with Crippen molar-refractivity contribution in [3.8, 4) is 0 Å². The minimum Gasteiger partial charge on any atom is -0.345 e. The van der Waals surface area contributed by atoms with Crippen molar-refractivity contribution in [1.29, 1.82) is 0 Å². The predicted octanol–water partition coefficient (Wildman–Crippen LogP) is 4.96. The Morgan fingerprint density at radius 2 is 1.96 bits per heavy atom. The predicted molar refractivity (Wildman–Crippen MR) is 111 cm³/mol. The van der Waals surface area contributed by atoms with E-state index in [-0.39, 0.29) is 5.82 Å². The number of aromatic nitrogens is 2. The first-order valence-electron chi connectivity index (χ1n) is 8.63. The molecule has 0 aliphatic heterocycles. The fourth-order valence-electron chi connectivity index (χ4n) is 2.70. The summed E-state index contributed by atoms with van der Waals surface area (Å²) in [7, 11) is 0. The van der Waals surface area contributed by atoms with E-state index in [0.29, 0.717) is 28.8 Å². The van der Waals surface area contributed by atoms with Gasteiger partial charge >= 0.3 is 0 Å². The summed E-state index contributed by atoms with van der Waals surface area (Å²) in [6, 6.07) is 14.2. The van der Waals surface area contributed by atoms with Gasteiger partial charge in [0.1, 0.15) is 5.82 Å². The second-order valence-corrected chi connectivity index (χ2v) is 6.87. The normalized spacial score (nSPS) is 10.6. The van der Waals surface area contributed by atoms with Crippen LogP contribution in [0.4, 0.5) is 10.1 Å². The van der Waals surface area contributed by atoms with Crippen molar-refractivity contribution < 1.29 is 4.39 Å². The third-order valence-corrected chi connectivity index (χ3v) is 4.82. The van der Waals surface area contributed by atoms with Crippen LogP contribution in [0.2, 0.25) is 5.02 Å². The van der Waals surface area contributed by atoms with E-state index in [1.807, 2.05) is 39.9 Å². The Kier molecular flexibility index (Phi) is 6.79. The average Bonchev–Trinajstić information content (AvgIpc) is 3.18. The van der Waals surface area contributed by atoms with Crippen molar-refractivity contribution in [3.05, 3.63) is 83.7 Å². The number of nitrogens with one attached hydrogen (secondary N) is 1. The molecule has 4 nitrogen and oxygen atoms in total. The van der Waals surface area contributed by atoms with E-state index in [1.165, 1.54) is 6.07 Å². The molecule has 0 spiro atoms. The Bertz CT molecular complexity index is 885. The van der Waals surface area contributed by atoms with E-state index in [4.69, 9.17) is 23.8 Å². The number of aryl methyl sites for hydroxylation is 1. The van der Waals surface area contributed by atoms with Crippen molar-refractivity contribution in [3.63, 3.8) is 0 Å². The minimum atomic E-state index is -0.238. The fourth-order valence-corrected chi connectivity index (χ4v) is 3.15. The van der Waals surface area contributed by atoms with Crippen LogP contribution >= 0.6 is 23.8 Å². The fraction of sp³-hybridized carbons (Fsp3) is 0.200. The van der Waals surface area contributed by atoms with Gasteiger partial charge in [-0.2, -0.15) is 0 Å². The Labute approximate surface area is 168 Å². The zero-order chi connectivity index (χ0) is 19.1. The zero-order valence-corrected chi connectivity index (χ0v) is 16.3. The summed E-state index contributed by atoms with van der Waals surface area (Å²) >= 11 is 11.8. The van der Waals surface area contributed by atoms with Gasteiger partial charge in [0.05, 0.1) is 17.0 Å². The molecule has 0 bridgehead atoms. The van der Waals surface area contributed by atoms with E-state index < -0.39 is 0 Å². The Hall–Kier alpha value is -2.44. The number of hydrogen-bond acceptors (Lipinski definition) is 2. The molecule has 0 amide bonds. The summed E-state index contributed by atoms with van der Waals surface area (Å²) in [5.74, 6) is -0.238. The highest BCUT2D eigenvalue weighted by molar-refractivity contribution is 7.80. The summed E-state index contributed by atoms with van der Waals surface area (Å²) in [5, 5.41) is 4.28. The lowest BCUT2D eigenvalue weighted by Gasteiger charge is -2.26. The van der Waals surface area contributed by atoms with Crippen molar-refractivity contribution in [2.75, 3.05) is 11.9 Å². The van der Waals surface area contributed by atoms with Gasteiger partial charge in [0.15, 0.2) is 5.11 Å². The zero-order valence-electron chi connectivity index (χ0n) is 14.7. The van der Waals surface area contributed by atoms with Crippen LogP contribution in [0, 0.1) is 5.82 Å². The molecule has 1 N–H and O–H groups in total. The lowest BCUT2D eigenvalue weighted by Crippen LogP contribution is -2.35. The second-order valence-electron chi connectivity index (χ2n) is 6.08. The minimum absolute atomic E-state index is 0.238. The Morgan fingerprint density at radius 1 is 1.19 bits per heavy atom. The number of anilines is 1. The van der Waals surface area contributed by atoms with Gasteiger partial charge in [0.2, 0.25) is 0 Å².